The number of benzene rings is 3. The largest absolute Gasteiger partial charge is 0.336 e. The fraction of sp³-hybridized carbons (Fsp3) is 0.207. The summed E-state index contributed by atoms with van der Waals surface area (Å²) in [7, 11) is 0. The second-order valence-corrected chi connectivity index (χ2v) is 10.1. The van der Waals surface area contributed by atoms with E-state index >= 15 is 0 Å². The van der Waals surface area contributed by atoms with Crippen LogP contribution in [-0.2, 0) is 17.9 Å². The second kappa shape index (κ2) is 11.1. The third kappa shape index (κ3) is 5.98. The van der Waals surface area contributed by atoms with Crippen molar-refractivity contribution in [1.82, 2.24) is 14.7 Å². The molecule has 2 fully saturated rings. The first-order chi connectivity index (χ1) is 18.0. The van der Waals surface area contributed by atoms with Gasteiger partial charge in [-0.2, -0.15) is 0 Å². The highest BCUT2D eigenvalue weighted by atomic mass is 32.2. The molecule has 0 aromatic heterocycles. The molecule has 2 heterocycles. The molecule has 0 spiro atoms. The molecule has 6 nitrogen and oxygen atoms in total. The molecule has 5 rings (SSSR count). The van der Waals surface area contributed by atoms with Crippen molar-refractivity contribution in [2.75, 3.05) is 26.2 Å². The lowest BCUT2D eigenvalue weighted by atomic mass is 10.1. The minimum atomic E-state index is -0.413. The van der Waals surface area contributed by atoms with E-state index in [0.717, 1.165) is 41.9 Å². The Labute approximate surface area is 219 Å². The molecule has 2 aliphatic rings. The van der Waals surface area contributed by atoms with Crippen LogP contribution in [-0.4, -0.2) is 57.9 Å². The maximum Gasteiger partial charge on any atom is 0.293 e. The second-order valence-electron chi connectivity index (χ2n) is 9.07. The van der Waals surface area contributed by atoms with E-state index in [0.29, 0.717) is 29.1 Å². The van der Waals surface area contributed by atoms with Crippen molar-refractivity contribution in [3.8, 4) is 0 Å². The molecule has 0 bridgehead atoms. The van der Waals surface area contributed by atoms with Crippen LogP contribution in [0.15, 0.2) is 83.8 Å². The van der Waals surface area contributed by atoms with Crippen LogP contribution in [0.4, 0.5) is 9.18 Å². The third-order valence-corrected chi connectivity index (χ3v) is 7.37. The summed E-state index contributed by atoms with van der Waals surface area (Å²) >= 11 is 0.859. The van der Waals surface area contributed by atoms with Crippen LogP contribution in [0.3, 0.4) is 0 Å². The van der Waals surface area contributed by atoms with Gasteiger partial charge in [0.15, 0.2) is 0 Å². The van der Waals surface area contributed by atoms with Gasteiger partial charge < -0.3 is 4.90 Å². The minimum absolute atomic E-state index is 0.0127. The SMILES string of the molecule is O=C(c1ccc(C=C2SC(=O)N(Cc3cccc(F)c3)C2=O)cc1)N1CCN(Cc2ccccc2)CC1. The lowest BCUT2D eigenvalue weighted by molar-refractivity contribution is -0.123. The van der Waals surface area contributed by atoms with Gasteiger partial charge >= 0.3 is 0 Å². The predicted octanol–water partition coefficient (Wildman–Crippen LogP) is 5.02. The summed E-state index contributed by atoms with van der Waals surface area (Å²) in [6.45, 7) is 3.89. The van der Waals surface area contributed by atoms with Gasteiger partial charge in [0, 0.05) is 38.3 Å². The van der Waals surface area contributed by atoms with E-state index in [-0.39, 0.29) is 12.5 Å². The normalized spacial score (nSPS) is 17.6. The van der Waals surface area contributed by atoms with Crippen molar-refractivity contribution >= 4 is 34.9 Å². The quantitative estimate of drug-likeness (QED) is 0.432. The number of hydrogen-bond donors (Lipinski definition) is 0. The molecule has 0 N–H and O–H groups in total. The number of imide groups is 1. The molecule has 37 heavy (non-hydrogen) atoms. The fourth-order valence-corrected chi connectivity index (χ4v) is 5.30. The summed E-state index contributed by atoms with van der Waals surface area (Å²) in [5.74, 6) is -0.835. The third-order valence-electron chi connectivity index (χ3n) is 6.47. The molecule has 8 heteroatoms. The first kappa shape index (κ1) is 24.9. The topological polar surface area (TPSA) is 60.9 Å². The van der Waals surface area contributed by atoms with Crippen LogP contribution in [0.2, 0.25) is 0 Å². The Morgan fingerprint density at radius 3 is 2.24 bits per heavy atom. The van der Waals surface area contributed by atoms with Gasteiger partial charge in [0.2, 0.25) is 0 Å². The van der Waals surface area contributed by atoms with Gasteiger partial charge in [0.05, 0.1) is 11.4 Å². The first-order valence-corrected chi connectivity index (χ1v) is 12.9. The zero-order valence-electron chi connectivity index (χ0n) is 20.2. The molecule has 0 atom stereocenters. The number of rotatable bonds is 6. The van der Waals surface area contributed by atoms with Crippen LogP contribution >= 0.6 is 11.8 Å². The van der Waals surface area contributed by atoms with Gasteiger partial charge in [0.1, 0.15) is 5.82 Å². The Bertz CT molecular complexity index is 1340. The maximum absolute atomic E-state index is 13.5. The van der Waals surface area contributed by atoms with Crippen molar-refractivity contribution in [1.29, 1.82) is 0 Å². The lowest BCUT2D eigenvalue weighted by Crippen LogP contribution is -2.48. The van der Waals surface area contributed by atoms with E-state index in [4.69, 9.17) is 0 Å². The van der Waals surface area contributed by atoms with Crippen LogP contribution in [0, 0.1) is 5.82 Å². The average Bonchev–Trinajstić information content (AvgIpc) is 3.17. The summed E-state index contributed by atoms with van der Waals surface area (Å²) in [5.41, 5.74) is 3.13. The lowest BCUT2D eigenvalue weighted by Gasteiger charge is -2.34. The van der Waals surface area contributed by atoms with Crippen LogP contribution < -0.4 is 0 Å². The van der Waals surface area contributed by atoms with Gasteiger partial charge in [-0.25, -0.2) is 4.39 Å². The van der Waals surface area contributed by atoms with E-state index in [9.17, 15) is 18.8 Å². The molecule has 0 radical (unpaired) electrons. The molecule has 0 unspecified atom stereocenters. The number of amides is 3. The molecule has 0 saturated carbocycles. The number of halogens is 1. The molecular formula is C29H26FN3O3S. The number of hydrogen-bond acceptors (Lipinski definition) is 5. The van der Waals surface area contributed by atoms with Crippen molar-refractivity contribution in [3.63, 3.8) is 0 Å². The average molecular weight is 516 g/mol. The summed E-state index contributed by atoms with van der Waals surface area (Å²) in [6, 6.07) is 23.2. The zero-order valence-corrected chi connectivity index (χ0v) is 21.0. The highest BCUT2D eigenvalue weighted by Gasteiger charge is 2.35. The molecular weight excluding hydrogens is 489 g/mol. The molecule has 3 aromatic carbocycles. The number of thioether (sulfide) groups is 1. The van der Waals surface area contributed by atoms with Crippen molar-refractivity contribution in [2.24, 2.45) is 0 Å². The first-order valence-electron chi connectivity index (χ1n) is 12.1. The molecule has 188 valence electrons. The Kier molecular flexibility index (Phi) is 7.48. The molecule has 0 aliphatic carbocycles. The van der Waals surface area contributed by atoms with Crippen LogP contribution in [0.5, 0.6) is 0 Å². The van der Waals surface area contributed by atoms with E-state index in [1.807, 2.05) is 23.1 Å². The van der Waals surface area contributed by atoms with Gasteiger partial charge in [-0.05, 0) is 58.8 Å². The Morgan fingerprint density at radius 1 is 0.838 bits per heavy atom. The Balaban J connectivity index is 1.18. The highest BCUT2D eigenvalue weighted by molar-refractivity contribution is 8.18. The number of piperazine rings is 1. The fourth-order valence-electron chi connectivity index (χ4n) is 4.46. The summed E-state index contributed by atoms with van der Waals surface area (Å²) in [4.78, 5) is 43.8. The smallest absolute Gasteiger partial charge is 0.293 e. The monoisotopic (exact) mass is 515 g/mol. The summed E-state index contributed by atoms with van der Waals surface area (Å²) < 4.78 is 13.5. The van der Waals surface area contributed by atoms with Crippen LogP contribution in [0.25, 0.3) is 6.08 Å². The molecule has 3 aromatic rings. The number of nitrogens with zero attached hydrogens (tertiary/aromatic N) is 3. The minimum Gasteiger partial charge on any atom is -0.336 e. The van der Waals surface area contributed by atoms with Crippen molar-refractivity contribution < 1.29 is 18.8 Å². The van der Waals surface area contributed by atoms with Gasteiger partial charge in [-0.3, -0.25) is 24.2 Å². The molecule has 2 saturated heterocycles. The standard InChI is InChI=1S/C29H26FN3O3S/c30-25-8-4-7-23(17-25)20-33-28(35)26(37-29(33)36)18-21-9-11-24(12-10-21)27(34)32-15-13-31(14-16-32)19-22-5-2-1-3-6-22/h1-12,17-18H,13-16,19-20H2. The highest BCUT2D eigenvalue weighted by Crippen LogP contribution is 2.33. The van der Waals surface area contributed by atoms with E-state index in [1.165, 1.54) is 17.7 Å². The van der Waals surface area contributed by atoms with E-state index < -0.39 is 17.0 Å². The predicted molar refractivity (Wildman–Crippen MR) is 142 cm³/mol. The summed E-state index contributed by atoms with van der Waals surface area (Å²) in [6.07, 6.45) is 1.65. The maximum atomic E-state index is 13.5. The Morgan fingerprint density at radius 2 is 1.54 bits per heavy atom. The summed E-state index contributed by atoms with van der Waals surface area (Å²) in [5, 5.41) is -0.390. The van der Waals surface area contributed by atoms with Gasteiger partial charge in [0.25, 0.3) is 17.1 Å². The molecule has 2 aliphatic heterocycles. The van der Waals surface area contributed by atoms with Crippen LogP contribution in [0.1, 0.15) is 27.0 Å². The molecule has 3 amide bonds. The van der Waals surface area contributed by atoms with Crippen molar-refractivity contribution in [3.05, 3.63) is 112 Å². The number of carbonyl (C=O) groups excluding carboxylic acids is 3. The van der Waals surface area contributed by atoms with Gasteiger partial charge in [-0.15, -0.1) is 0 Å². The van der Waals surface area contributed by atoms with Crippen molar-refractivity contribution in [2.45, 2.75) is 13.1 Å². The van der Waals surface area contributed by atoms with Gasteiger partial charge in [-0.1, -0.05) is 54.6 Å². The zero-order chi connectivity index (χ0) is 25.8. The number of carbonyl (C=O) groups is 3. The Hall–Kier alpha value is -3.75. The van der Waals surface area contributed by atoms with E-state index in [1.54, 1.807) is 42.5 Å². The van der Waals surface area contributed by atoms with E-state index in [2.05, 4.69) is 17.0 Å².